The maximum Gasteiger partial charge on any atom is 0.0626 e. The first-order valence-corrected chi connectivity index (χ1v) is 7.32. The largest absolute Gasteiger partial charge is 0.117 e. The van der Waals surface area contributed by atoms with Crippen LogP contribution in [0.5, 0.6) is 0 Å². The van der Waals surface area contributed by atoms with Crippen LogP contribution < -0.4 is 0 Å². The number of alkyl halides is 1. The topological polar surface area (TPSA) is 0 Å². The molecule has 0 heterocycles. The third kappa shape index (κ3) is 3.66. The molecule has 0 bridgehead atoms. The molecule has 2 aromatic rings. The van der Waals surface area contributed by atoms with Crippen LogP contribution in [-0.2, 0) is 6.42 Å². The highest BCUT2D eigenvalue weighted by atomic mass is 35.5. The van der Waals surface area contributed by atoms with Crippen molar-refractivity contribution < 1.29 is 0 Å². The number of rotatable bonds is 3. The van der Waals surface area contributed by atoms with E-state index in [2.05, 4.69) is 32.0 Å². The summed E-state index contributed by atoms with van der Waals surface area (Å²) in [7, 11) is 0. The molecule has 0 aliphatic rings. The van der Waals surface area contributed by atoms with Crippen molar-refractivity contribution in [3.05, 3.63) is 68.7 Å². The standard InChI is InChI=1S/C16H15Cl3/c1-10-3-4-11(2)13(7-10)9-15(18)12-5-6-14(17)16(19)8-12/h3-8,15H,9H2,1-2H3. The molecule has 0 aliphatic heterocycles. The molecule has 19 heavy (non-hydrogen) atoms. The fourth-order valence-electron chi connectivity index (χ4n) is 2.04. The predicted molar refractivity (Wildman–Crippen MR) is 84.7 cm³/mol. The van der Waals surface area contributed by atoms with Gasteiger partial charge in [0.15, 0.2) is 0 Å². The average Bonchev–Trinajstić information content (AvgIpc) is 2.37. The highest BCUT2D eigenvalue weighted by Gasteiger charge is 2.12. The molecule has 0 aliphatic carbocycles. The molecule has 0 saturated heterocycles. The van der Waals surface area contributed by atoms with Gasteiger partial charge in [-0.1, -0.05) is 53.0 Å². The van der Waals surface area contributed by atoms with Crippen LogP contribution in [0.2, 0.25) is 10.0 Å². The van der Waals surface area contributed by atoms with E-state index in [1.54, 1.807) is 6.07 Å². The summed E-state index contributed by atoms with van der Waals surface area (Å²) in [6.45, 7) is 4.19. The van der Waals surface area contributed by atoms with Crippen molar-refractivity contribution in [2.24, 2.45) is 0 Å². The van der Waals surface area contributed by atoms with Gasteiger partial charge in [-0.2, -0.15) is 0 Å². The van der Waals surface area contributed by atoms with Gasteiger partial charge in [0.25, 0.3) is 0 Å². The molecule has 0 aromatic heterocycles. The van der Waals surface area contributed by atoms with Crippen LogP contribution in [-0.4, -0.2) is 0 Å². The van der Waals surface area contributed by atoms with E-state index in [0.29, 0.717) is 10.0 Å². The molecule has 1 atom stereocenters. The molecule has 0 saturated carbocycles. The SMILES string of the molecule is Cc1ccc(C)c(CC(Cl)c2ccc(Cl)c(Cl)c2)c1. The number of hydrogen-bond donors (Lipinski definition) is 0. The maximum absolute atomic E-state index is 6.49. The Morgan fingerprint density at radius 1 is 0.947 bits per heavy atom. The Labute approximate surface area is 129 Å². The lowest BCUT2D eigenvalue weighted by Gasteiger charge is -2.13. The summed E-state index contributed by atoms with van der Waals surface area (Å²) in [5.41, 5.74) is 4.78. The van der Waals surface area contributed by atoms with E-state index in [4.69, 9.17) is 34.8 Å². The van der Waals surface area contributed by atoms with Crippen LogP contribution in [0, 0.1) is 13.8 Å². The second-order valence-corrected chi connectivity index (χ2v) is 6.12. The van der Waals surface area contributed by atoms with Crippen molar-refractivity contribution in [2.75, 3.05) is 0 Å². The molecule has 1 unspecified atom stereocenters. The van der Waals surface area contributed by atoms with Crippen molar-refractivity contribution >= 4 is 34.8 Å². The van der Waals surface area contributed by atoms with Gasteiger partial charge in [-0.15, -0.1) is 11.6 Å². The predicted octanol–water partition coefficient (Wildman–Crippen LogP) is 6.13. The first-order valence-electron chi connectivity index (χ1n) is 6.12. The van der Waals surface area contributed by atoms with E-state index in [1.165, 1.54) is 16.7 Å². The number of benzene rings is 2. The van der Waals surface area contributed by atoms with Gasteiger partial charge in [0.2, 0.25) is 0 Å². The summed E-state index contributed by atoms with van der Waals surface area (Å²) >= 11 is 18.4. The van der Waals surface area contributed by atoms with Crippen molar-refractivity contribution in [1.29, 1.82) is 0 Å². The van der Waals surface area contributed by atoms with E-state index in [-0.39, 0.29) is 5.38 Å². The Balaban J connectivity index is 2.22. The first kappa shape index (κ1) is 14.7. The van der Waals surface area contributed by atoms with Crippen LogP contribution in [0.3, 0.4) is 0 Å². The van der Waals surface area contributed by atoms with Gasteiger partial charge in [0, 0.05) is 0 Å². The molecule has 0 radical (unpaired) electrons. The van der Waals surface area contributed by atoms with Crippen LogP contribution in [0.4, 0.5) is 0 Å². The minimum Gasteiger partial charge on any atom is -0.117 e. The molecule has 0 spiro atoms. The summed E-state index contributed by atoms with van der Waals surface area (Å²) < 4.78 is 0. The highest BCUT2D eigenvalue weighted by Crippen LogP contribution is 2.31. The van der Waals surface area contributed by atoms with Gasteiger partial charge in [-0.25, -0.2) is 0 Å². The fourth-order valence-corrected chi connectivity index (χ4v) is 2.65. The van der Waals surface area contributed by atoms with Crippen LogP contribution in [0.15, 0.2) is 36.4 Å². The lowest BCUT2D eigenvalue weighted by molar-refractivity contribution is 0.909. The fraction of sp³-hybridized carbons (Fsp3) is 0.250. The molecule has 100 valence electrons. The molecule has 2 rings (SSSR count). The Morgan fingerprint density at radius 3 is 2.37 bits per heavy atom. The van der Waals surface area contributed by atoms with Crippen LogP contribution >= 0.6 is 34.8 Å². The molecular weight excluding hydrogens is 299 g/mol. The zero-order valence-electron chi connectivity index (χ0n) is 10.9. The van der Waals surface area contributed by atoms with Gasteiger partial charge in [0.05, 0.1) is 15.4 Å². The summed E-state index contributed by atoms with van der Waals surface area (Å²) in [4.78, 5) is 0. The van der Waals surface area contributed by atoms with E-state index >= 15 is 0 Å². The summed E-state index contributed by atoms with van der Waals surface area (Å²) in [6, 6.07) is 12.0. The number of hydrogen-bond acceptors (Lipinski definition) is 0. The van der Waals surface area contributed by atoms with Crippen molar-refractivity contribution in [2.45, 2.75) is 25.6 Å². The summed E-state index contributed by atoms with van der Waals surface area (Å²) in [6.07, 6.45) is 0.785. The number of halogens is 3. The monoisotopic (exact) mass is 312 g/mol. The Morgan fingerprint density at radius 2 is 1.68 bits per heavy atom. The van der Waals surface area contributed by atoms with Gasteiger partial charge in [-0.05, 0) is 49.1 Å². The molecule has 0 amide bonds. The molecule has 0 N–H and O–H groups in total. The number of aryl methyl sites for hydroxylation is 2. The van der Waals surface area contributed by atoms with E-state index in [9.17, 15) is 0 Å². The third-order valence-electron chi connectivity index (χ3n) is 3.21. The van der Waals surface area contributed by atoms with Crippen LogP contribution in [0.1, 0.15) is 27.6 Å². The molecule has 3 heteroatoms. The maximum atomic E-state index is 6.49. The zero-order chi connectivity index (χ0) is 14.0. The average molecular weight is 314 g/mol. The second-order valence-electron chi connectivity index (χ2n) is 4.78. The summed E-state index contributed by atoms with van der Waals surface area (Å²) in [5.74, 6) is 0. The first-order chi connectivity index (χ1) is 8.97. The lowest BCUT2D eigenvalue weighted by Crippen LogP contribution is -1.98. The van der Waals surface area contributed by atoms with Gasteiger partial charge in [0.1, 0.15) is 0 Å². The minimum atomic E-state index is -0.102. The zero-order valence-corrected chi connectivity index (χ0v) is 13.2. The van der Waals surface area contributed by atoms with Crippen LogP contribution in [0.25, 0.3) is 0 Å². The van der Waals surface area contributed by atoms with Gasteiger partial charge in [-0.3, -0.25) is 0 Å². The van der Waals surface area contributed by atoms with Crippen molar-refractivity contribution in [3.63, 3.8) is 0 Å². The van der Waals surface area contributed by atoms with Crippen molar-refractivity contribution in [3.8, 4) is 0 Å². The molecule has 0 nitrogen and oxygen atoms in total. The molecule has 2 aromatic carbocycles. The Bertz CT molecular complexity index is 591. The second kappa shape index (κ2) is 6.17. The van der Waals surface area contributed by atoms with E-state index in [1.807, 2.05) is 12.1 Å². The highest BCUT2D eigenvalue weighted by molar-refractivity contribution is 6.42. The Kier molecular flexibility index (Phi) is 4.78. The van der Waals surface area contributed by atoms with E-state index < -0.39 is 0 Å². The Hall–Kier alpha value is -0.690. The lowest BCUT2D eigenvalue weighted by atomic mass is 9.98. The normalized spacial score (nSPS) is 12.5. The van der Waals surface area contributed by atoms with E-state index in [0.717, 1.165) is 12.0 Å². The third-order valence-corrected chi connectivity index (χ3v) is 4.35. The minimum absolute atomic E-state index is 0.102. The van der Waals surface area contributed by atoms with Crippen molar-refractivity contribution in [1.82, 2.24) is 0 Å². The molecular formula is C16H15Cl3. The smallest absolute Gasteiger partial charge is 0.0626 e. The summed E-state index contributed by atoms with van der Waals surface area (Å²) in [5, 5.41) is 1.00. The van der Waals surface area contributed by atoms with Gasteiger partial charge < -0.3 is 0 Å². The van der Waals surface area contributed by atoms with Gasteiger partial charge >= 0.3 is 0 Å². The molecule has 0 fully saturated rings. The quantitative estimate of drug-likeness (QED) is 0.598.